The molecule has 0 amide bonds. The van der Waals surface area contributed by atoms with E-state index in [4.69, 9.17) is 4.74 Å². The highest BCUT2D eigenvalue weighted by Crippen LogP contribution is 2.34. The molecule has 0 aliphatic carbocycles. The molecule has 0 aromatic carbocycles. The van der Waals surface area contributed by atoms with Gasteiger partial charge in [0.15, 0.2) is 0 Å². The summed E-state index contributed by atoms with van der Waals surface area (Å²) in [5.41, 5.74) is 0. The highest BCUT2D eigenvalue weighted by Gasteiger charge is 2.40. The monoisotopic (exact) mass is 210 g/mol. The van der Waals surface area contributed by atoms with Crippen LogP contribution in [0.15, 0.2) is 0 Å². The molecule has 2 bridgehead atoms. The second-order valence-electron chi connectivity index (χ2n) is 5.34. The van der Waals surface area contributed by atoms with Crippen molar-refractivity contribution in [3.63, 3.8) is 0 Å². The highest BCUT2D eigenvalue weighted by molar-refractivity contribution is 4.94. The fraction of sp³-hybridized carbons (Fsp3) is 1.00. The summed E-state index contributed by atoms with van der Waals surface area (Å²) >= 11 is 0. The summed E-state index contributed by atoms with van der Waals surface area (Å²) in [4.78, 5) is 0. The molecule has 15 heavy (non-hydrogen) atoms. The standard InChI is InChI=1S/C12H22N2O/c1-2-9(7-13-5-1)8-14-11-6-10-3-4-12(11)15-10/h9-14H,1-8H2. The molecule has 3 rings (SSSR count). The first-order valence-corrected chi connectivity index (χ1v) is 6.51. The van der Waals surface area contributed by atoms with E-state index < -0.39 is 0 Å². The Hall–Kier alpha value is -0.120. The molecule has 86 valence electrons. The SMILES string of the molecule is C1CNCC(CNC2CC3CCC2O3)C1. The maximum absolute atomic E-state index is 5.85. The van der Waals surface area contributed by atoms with Crippen molar-refractivity contribution in [3.05, 3.63) is 0 Å². The van der Waals surface area contributed by atoms with Crippen molar-refractivity contribution in [2.75, 3.05) is 19.6 Å². The van der Waals surface area contributed by atoms with E-state index in [9.17, 15) is 0 Å². The number of ether oxygens (including phenoxy) is 1. The van der Waals surface area contributed by atoms with E-state index in [1.165, 1.54) is 51.7 Å². The van der Waals surface area contributed by atoms with Crippen molar-refractivity contribution in [2.24, 2.45) is 5.92 Å². The van der Waals surface area contributed by atoms with Gasteiger partial charge in [-0.1, -0.05) is 0 Å². The van der Waals surface area contributed by atoms with Gasteiger partial charge in [0.25, 0.3) is 0 Å². The fourth-order valence-corrected chi connectivity index (χ4v) is 3.27. The lowest BCUT2D eigenvalue weighted by Gasteiger charge is -2.26. The Bertz CT molecular complexity index is 216. The zero-order chi connectivity index (χ0) is 10.1. The second-order valence-corrected chi connectivity index (χ2v) is 5.34. The number of fused-ring (bicyclic) bond motifs is 2. The normalized spacial score (nSPS) is 44.8. The van der Waals surface area contributed by atoms with Gasteiger partial charge >= 0.3 is 0 Å². The molecule has 0 spiro atoms. The summed E-state index contributed by atoms with van der Waals surface area (Å²) in [6.45, 7) is 3.60. The average molecular weight is 210 g/mol. The molecular formula is C12H22N2O. The van der Waals surface area contributed by atoms with Gasteiger partial charge in [0.05, 0.1) is 12.2 Å². The first-order valence-electron chi connectivity index (χ1n) is 6.51. The van der Waals surface area contributed by atoms with Gasteiger partial charge in [-0.3, -0.25) is 0 Å². The minimum absolute atomic E-state index is 0.534. The number of hydrogen-bond acceptors (Lipinski definition) is 3. The Kier molecular flexibility index (Phi) is 2.95. The van der Waals surface area contributed by atoms with E-state index in [-0.39, 0.29) is 0 Å². The number of nitrogens with one attached hydrogen (secondary N) is 2. The van der Waals surface area contributed by atoms with Crippen molar-refractivity contribution in [1.82, 2.24) is 10.6 Å². The molecule has 3 fully saturated rings. The van der Waals surface area contributed by atoms with Crippen LogP contribution in [-0.4, -0.2) is 37.9 Å². The topological polar surface area (TPSA) is 33.3 Å². The first kappa shape index (κ1) is 10.1. The van der Waals surface area contributed by atoms with Gasteiger partial charge < -0.3 is 15.4 Å². The third-order valence-corrected chi connectivity index (χ3v) is 4.17. The van der Waals surface area contributed by atoms with Crippen LogP contribution in [0, 0.1) is 5.92 Å². The molecule has 0 saturated carbocycles. The Morgan fingerprint density at radius 2 is 2.27 bits per heavy atom. The van der Waals surface area contributed by atoms with Crippen LogP contribution in [0.5, 0.6) is 0 Å². The van der Waals surface area contributed by atoms with E-state index >= 15 is 0 Å². The first-order chi connectivity index (χ1) is 7.42. The minimum atomic E-state index is 0.534. The van der Waals surface area contributed by atoms with Gasteiger partial charge in [0, 0.05) is 6.04 Å². The van der Waals surface area contributed by atoms with Gasteiger partial charge in [-0.15, -0.1) is 0 Å². The van der Waals surface area contributed by atoms with Crippen molar-refractivity contribution >= 4 is 0 Å². The van der Waals surface area contributed by atoms with Crippen molar-refractivity contribution in [2.45, 2.75) is 50.4 Å². The molecular weight excluding hydrogens is 188 g/mol. The van der Waals surface area contributed by atoms with Crippen molar-refractivity contribution in [1.29, 1.82) is 0 Å². The average Bonchev–Trinajstić information content (AvgIpc) is 2.89. The van der Waals surface area contributed by atoms with Crippen LogP contribution in [0.4, 0.5) is 0 Å². The molecule has 3 saturated heterocycles. The summed E-state index contributed by atoms with van der Waals surface area (Å²) in [6.07, 6.45) is 7.69. The quantitative estimate of drug-likeness (QED) is 0.726. The highest BCUT2D eigenvalue weighted by atomic mass is 16.5. The van der Waals surface area contributed by atoms with Crippen LogP contribution < -0.4 is 10.6 Å². The maximum atomic E-state index is 5.85. The Morgan fingerprint density at radius 3 is 2.93 bits per heavy atom. The number of piperidine rings is 1. The van der Waals surface area contributed by atoms with Crippen LogP contribution in [0.1, 0.15) is 32.1 Å². The summed E-state index contributed by atoms with van der Waals surface area (Å²) in [5.74, 6) is 0.845. The van der Waals surface area contributed by atoms with Crippen molar-refractivity contribution in [3.8, 4) is 0 Å². The lowest BCUT2D eigenvalue weighted by molar-refractivity contribution is 0.0967. The molecule has 4 atom stereocenters. The van der Waals surface area contributed by atoms with Crippen LogP contribution in [-0.2, 0) is 4.74 Å². The van der Waals surface area contributed by atoms with Gasteiger partial charge in [0.2, 0.25) is 0 Å². The second kappa shape index (κ2) is 4.40. The molecule has 2 N–H and O–H groups in total. The van der Waals surface area contributed by atoms with E-state index in [0.29, 0.717) is 18.2 Å². The van der Waals surface area contributed by atoms with Crippen LogP contribution in [0.3, 0.4) is 0 Å². The molecule has 3 heterocycles. The van der Waals surface area contributed by atoms with Crippen LogP contribution in [0.25, 0.3) is 0 Å². The molecule has 4 unspecified atom stereocenters. The smallest absolute Gasteiger partial charge is 0.0733 e. The predicted octanol–water partition coefficient (Wildman–Crippen LogP) is 0.895. The molecule has 0 aromatic rings. The third kappa shape index (κ3) is 2.19. The zero-order valence-electron chi connectivity index (χ0n) is 9.37. The maximum Gasteiger partial charge on any atom is 0.0733 e. The number of hydrogen-bond donors (Lipinski definition) is 2. The summed E-state index contributed by atoms with van der Waals surface area (Å²) in [7, 11) is 0. The van der Waals surface area contributed by atoms with Gasteiger partial charge in [-0.05, 0) is 57.7 Å². The van der Waals surface area contributed by atoms with Gasteiger partial charge in [0.1, 0.15) is 0 Å². The van der Waals surface area contributed by atoms with Crippen LogP contribution >= 0.6 is 0 Å². The molecule has 0 aromatic heterocycles. The molecule has 3 aliphatic rings. The Morgan fingerprint density at radius 1 is 1.27 bits per heavy atom. The predicted molar refractivity (Wildman–Crippen MR) is 59.9 cm³/mol. The molecule has 3 heteroatoms. The van der Waals surface area contributed by atoms with E-state index in [1.54, 1.807) is 0 Å². The summed E-state index contributed by atoms with van der Waals surface area (Å²) in [5, 5.41) is 7.19. The molecule has 0 radical (unpaired) electrons. The van der Waals surface area contributed by atoms with E-state index in [1.807, 2.05) is 0 Å². The Balaban J connectivity index is 1.42. The minimum Gasteiger partial charge on any atom is -0.373 e. The molecule has 3 aliphatic heterocycles. The summed E-state index contributed by atoms with van der Waals surface area (Å²) in [6, 6.07) is 0.658. The molecule has 3 nitrogen and oxygen atoms in total. The van der Waals surface area contributed by atoms with Gasteiger partial charge in [-0.2, -0.15) is 0 Å². The largest absolute Gasteiger partial charge is 0.373 e. The lowest BCUT2D eigenvalue weighted by Crippen LogP contribution is -2.43. The zero-order valence-corrected chi connectivity index (χ0v) is 9.37. The lowest BCUT2D eigenvalue weighted by atomic mass is 9.94. The van der Waals surface area contributed by atoms with Crippen molar-refractivity contribution < 1.29 is 4.74 Å². The third-order valence-electron chi connectivity index (χ3n) is 4.17. The summed E-state index contributed by atoms with van der Waals surface area (Å²) < 4.78 is 5.85. The number of rotatable bonds is 3. The van der Waals surface area contributed by atoms with Gasteiger partial charge in [-0.25, -0.2) is 0 Å². The van der Waals surface area contributed by atoms with E-state index in [2.05, 4.69) is 10.6 Å². The van der Waals surface area contributed by atoms with Crippen LogP contribution in [0.2, 0.25) is 0 Å². The Labute approximate surface area is 91.9 Å². The van der Waals surface area contributed by atoms with E-state index in [0.717, 1.165) is 5.92 Å². The fourth-order valence-electron chi connectivity index (χ4n) is 3.27.